The Labute approximate surface area is 73.8 Å². The number of sulfonamides is 1. The number of fused-ring (bicyclic) bond motifs is 1. The van der Waals surface area contributed by atoms with E-state index in [0.29, 0.717) is 11.8 Å². The Morgan fingerprint density at radius 3 is 2.08 bits per heavy atom. The van der Waals surface area contributed by atoms with Crippen molar-refractivity contribution < 1.29 is 8.42 Å². The minimum Gasteiger partial charge on any atom is -0.213 e. The van der Waals surface area contributed by atoms with E-state index in [1.807, 2.05) is 0 Å². The summed E-state index contributed by atoms with van der Waals surface area (Å²) in [5.74, 6) is 1.33. The highest BCUT2D eigenvalue weighted by molar-refractivity contribution is 7.88. The molecule has 0 aromatic carbocycles. The van der Waals surface area contributed by atoms with Crippen molar-refractivity contribution in [2.45, 2.75) is 19.3 Å². The van der Waals surface area contributed by atoms with Crippen LogP contribution in [0, 0.1) is 11.8 Å². The van der Waals surface area contributed by atoms with Crippen LogP contribution in [0.2, 0.25) is 0 Å². The third-order valence-corrected chi connectivity index (χ3v) is 4.40. The Balaban J connectivity index is 2.09. The highest BCUT2D eigenvalue weighted by Gasteiger charge is 2.39. The first kappa shape index (κ1) is 8.51. The zero-order chi connectivity index (χ0) is 8.77. The van der Waals surface area contributed by atoms with Gasteiger partial charge in [0.2, 0.25) is 10.0 Å². The van der Waals surface area contributed by atoms with Gasteiger partial charge < -0.3 is 0 Å². The van der Waals surface area contributed by atoms with Crippen LogP contribution in [0.1, 0.15) is 19.3 Å². The minimum atomic E-state index is -2.91. The van der Waals surface area contributed by atoms with Crippen LogP contribution >= 0.6 is 0 Å². The van der Waals surface area contributed by atoms with Crippen molar-refractivity contribution in [2.75, 3.05) is 19.3 Å². The summed E-state index contributed by atoms with van der Waals surface area (Å²) in [4.78, 5) is 0. The molecule has 4 heteroatoms. The van der Waals surface area contributed by atoms with Crippen LogP contribution in [0.4, 0.5) is 0 Å². The molecule has 0 amide bonds. The summed E-state index contributed by atoms with van der Waals surface area (Å²) < 4.78 is 24.0. The number of rotatable bonds is 1. The van der Waals surface area contributed by atoms with Gasteiger partial charge in [0.15, 0.2) is 0 Å². The van der Waals surface area contributed by atoms with Crippen molar-refractivity contribution >= 4 is 10.0 Å². The average molecular weight is 189 g/mol. The van der Waals surface area contributed by atoms with Crippen LogP contribution in [-0.2, 0) is 10.0 Å². The normalized spacial score (nSPS) is 37.1. The zero-order valence-corrected chi connectivity index (χ0v) is 8.18. The molecule has 0 bridgehead atoms. The number of nitrogens with zero attached hydrogens (tertiary/aromatic N) is 1. The molecule has 3 nitrogen and oxygen atoms in total. The molecule has 1 saturated carbocycles. The molecule has 1 heterocycles. The Morgan fingerprint density at radius 2 is 1.67 bits per heavy atom. The van der Waals surface area contributed by atoms with Gasteiger partial charge in [-0.2, -0.15) is 0 Å². The second-order valence-electron chi connectivity index (χ2n) is 4.03. The predicted molar refractivity (Wildman–Crippen MR) is 47.2 cm³/mol. The first-order valence-electron chi connectivity index (χ1n) is 4.52. The molecule has 1 aliphatic carbocycles. The zero-order valence-electron chi connectivity index (χ0n) is 7.36. The maximum atomic E-state index is 11.2. The summed E-state index contributed by atoms with van der Waals surface area (Å²) in [6.45, 7) is 1.56. The molecule has 0 N–H and O–H groups in total. The summed E-state index contributed by atoms with van der Waals surface area (Å²) in [7, 11) is -2.91. The van der Waals surface area contributed by atoms with Gasteiger partial charge in [-0.25, -0.2) is 12.7 Å². The van der Waals surface area contributed by atoms with Gasteiger partial charge in [0.1, 0.15) is 0 Å². The summed E-state index contributed by atoms with van der Waals surface area (Å²) in [5, 5.41) is 0. The molecule has 1 saturated heterocycles. The SMILES string of the molecule is CS(=O)(=O)N1CC2CCCC2C1. The largest absolute Gasteiger partial charge is 0.213 e. The molecule has 2 fully saturated rings. The topological polar surface area (TPSA) is 37.4 Å². The average Bonchev–Trinajstić information content (AvgIpc) is 2.37. The maximum Gasteiger partial charge on any atom is 0.211 e. The van der Waals surface area contributed by atoms with Crippen molar-refractivity contribution in [1.82, 2.24) is 4.31 Å². The molecule has 0 radical (unpaired) electrons. The van der Waals surface area contributed by atoms with Crippen LogP contribution in [0.25, 0.3) is 0 Å². The van der Waals surface area contributed by atoms with Crippen LogP contribution in [0.3, 0.4) is 0 Å². The molecule has 2 unspecified atom stereocenters. The van der Waals surface area contributed by atoms with Gasteiger partial charge in [-0.1, -0.05) is 6.42 Å². The van der Waals surface area contributed by atoms with Crippen molar-refractivity contribution in [3.05, 3.63) is 0 Å². The molecule has 2 aliphatic rings. The lowest BCUT2D eigenvalue weighted by Gasteiger charge is -2.12. The molecule has 0 spiro atoms. The van der Waals surface area contributed by atoms with Crippen molar-refractivity contribution in [1.29, 1.82) is 0 Å². The Kier molecular flexibility index (Phi) is 1.92. The highest BCUT2D eigenvalue weighted by atomic mass is 32.2. The van der Waals surface area contributed by atoms with E-state index in [0.717, 1.165) is 13.1 Å². The quantitative estimate of drug-likeness (QED) is 0.608. The van der Waals surface area contributed by atoms with E-state index < -0.39 is 10.0 Å². The smallest absolute Gasteiger partial charge is 0.211 e. The summed E-state index contributed by atoms with van der Waals surface area (Å²) >= 11 is 0. The van der Waals surface area contributed by atoms with Gasteiger partial charge in [-0.05, 0) is 24.7 Å². The van der Waals surface area contributed by atoms with E-state index in [1.54, 1.807) is 4.31 Å². The second-order valence-corrected chi connectivity index (χ2v) is 6.01. The van der Waals surface area contributed by atoms with E-state index in [4.69, 9.17) is 0 Å². The Hall–Kier alpha value is -0.0900. The number of hydrogen-bond acceptors (Lipinski definition) is 2. The summed E-state index contributed by atoms with van der Waals surface area (Å²) in [6, 6.07) is 0. The lowest BCUT2D eigenvalue weighted by molar-refractivity contribution is 0.450. The molecular formula is C8H15NO2S. The van der Waals surface area contributed by atoms with Gasteiger partial charge in [-0.3, -0.25) is 0 Å². The fraction of sp³-hybridized carbons (Fsp3) is 1.00. The van der Waals surface area contributed by atoms with Gasteiger partial charge in [0, 0.05) is 13.1 Å². The monoisotopic (exact) mass is 189 g/mol. The predicted octanol–water partition coefficient (Wildman–Crippen LogP) is 0.678. The molecule has 2 rings (SSSR count). The molecule has 12 heavy (non-hydrogen) atoms. The third-order valence-electron chi connectivity index (χ3n) is 3.16. The van der Waals surface area contributed by atoms with Crippen LogP contribution < -0.4 is 0 Å². The first-order valence-corrected chi connectivity index (χ1v) is 6.37. The minimum absolute atomic E-state index is 0.666. The Morgan fingerprint density at radius 1 is 1.17 bits per heavy atom. The highest BCUT2D eigenvalue weighted by Crippen LogP contribution is 2.38. The Bertz CT molecular complexity index is 261. The summed E-state index contributed by atoms with van der Waals surface area (Å²) in [6.07, 6.45) is 5.08. The molecule has 0 aromatic rings. The van der Waals surface area contributed by atoms with E-state index in [9.17, 15) is 8.42 Å². The fourth-order valence-electron chi connectivity index (χ4n) is 2.46. The van der Waals surface area contributed by atoms with Crippen LogP contribution in [-0.4, -0.2) is 32.1 Å². The van der Waals surface area contributed by atoms with Gasteiger partial charge in [0.25, 0.3) is 0 Å². The standard InChI is InChI=1S/C8H15NO2S/c1-12(10,11)9-5-7-3-2-4-8(7)6-9/h7-8H,2-6H2,1H3. The van der Waals surface area contributed by atoms with Gasteiger partial charge in [-0.15, -0.1) is 0 Å². The lowest BCUT2D eigenvalue weighted by atomic mass is 10.0. The van der Waals surface area contributed by atoms with Gasteiger partial charge >= 0.3 is 0 Å². The van der Waals surface area contributed by atoms with Crippen molar-refractivity contribution in [3.63, 3.8) is 0 Å². The van der Waals surface area contributed by atoms with E-state index in [2.05, 4.69) is 0 Å². The van der Waals surface area contributed by atoms with E-state index in [1.165, 1.54) is 25.5 Å². The summed E-state index contributed by atoms with van der Waals surface area (Å²) in [5.41, 5.74) is 0. The van der Waals surface area contributed by atoms with E-state index in [-0.39, 0.29) is 0 Å². The van der Waals surface area contributed by atoms with E-state index >= 15 is 0 Å². The molecule has 70 valence electrons. The van der Waals surface area contributed by atoms with Gasteiger partial charge in [0.05, 0.1) is 6.26 Å². The lowest BCUT2D eigenvalue weighted by Crippen LogP contribution is -2.28. The third kappa shape index (κ3) is 1.38. The molecular weight excluding hydrogens is 174 g/mol. The fourth-order valence-corrected chi connectivity index (χ4v) is 3.39. The van der Waals surface area contributed by atoms with Crippen molar-refractivity contribution in [3.8, 4) is 0 Å². The molecule has 1 aliphatic heterocycles. The maximum absolute atomic E-state index is 11.2. The molecule has 2 atom stereocenters. The van der Waals surface area contributed by atoms with Crippen LogP contribution in [0.5, 0.6) is 0 Å². The van der Waals surface area contributed by atoms with Crippen molar-refractivity contribution in [2.24, 2.45) is 11.8 Å². The molecule has 0 aromatic heterocycles. The first-order chi connectivity index (χ1) is 5.57. The van der Waals surface area contributed by atoms with Crippen LogP contribution in [0.15, 0.2) is 0 Å². The second kappa shape index (κ2) is 2.70. The number of hydrogen-bond donors (Lipinski definition) is 0.